The first-order valence-corrected chi connectivity index (χ1v) is 8.85. The first kappa shape index (κ1) is 15.8. The monoisotopic (exact) mass is 326 g/mol. The van der Waals surface area contributed by atoms with E-state index in [0.29, 0.717) is 5.92 Å². The van der Waals surface area contributed by atoms with Gasteiger partial charge in [-0.3, -0.25) is 0 Å². The third kappa shape index (κ3) is 3.64. The molecule has 0 N–H and O–H groups in total. The number of hydrogen-bond acceptors (Lipinski definition) is 3. The number of benzene rings is 1. The highest BCUT2D eigenvalue weighted by atomic mass is 32.1. The summed E-state index contributed by atoms with van der Waals surface area (Å²) in [7, 11) is 0. The molecule has 0 atom stereocenters. The van der Waals surface area contributed by atoms with Crippen LogP contribution in [0.2, 0.25) is 0 Å². The average Bonchev–Trinajstić information content (AvgIpc) is 3.17. The SMILES string of the molecule is Cc1ccccc1N=c1scc(-c2ccco2)n1CCC(C)C. The Hall–Kier alpha value is -2.07. The zero-order chi connectivity index (χ0) is 16.2. The van der Waals surface area contributed by atoms with Crippen molar-refractivity contribution in [1.29, 1.82) is 0 Å². The molecule has 0 aliphatic carbocycles. The highest BCUT2D eigenvalue weighted by molar-refractivity contribution is 7.07. The summed E-state index contributed by atoms with van der Waals surface area (Å²) in [4.78, 5) is 5.91. The van der Waals surface area contributed by atoms with E-state index in [0.717, 1.165) is 34.9 Å². The highest BCUT2D eigenvalue weighted by Crippen LogP contribution is 2.23. The van der Waals surface area contributed by atoms with Gasteiger partial charge in [-0.05, 0) is 43.0 Å². The molecule has 0 amide bonds. The predicted octanol–water partition coefficient (Wildman–Crippen LogP) is 5.40. The van der Waals surface area contributed by atoms with Crippen LogP contribution in [0.5, 0.6) is 0 Å². The molecule has 0 fully saturated rings. The maximum absolute atomic E-state index is 5.60. The van der Waals surface area contributed by atoms with Gasteiger partial charge < -0.3 is 8.98 Å². The quantitative estimate of drug-likeness (QED) is 0.617. The molecule has 2 aromatic heterocycles. The molecule has 3 aromatic rings. The van der Waals surface area contributed by atoms with E-state index >= 15 is 0 Å². The standard InChI is InChI=1S/C19H22N2OS/c1-14(2)10-11-21-17(18-9-6-12-22-18)13-23-19(21)20-16-8-5-4-7-15(16)3/h4-9,12-14H,10-11H2,1-3H3. The van der Waals surface area contributed by atoms with E-state index in [-0.39, 0.29) is 0 Å². The number of nitrogens with zero attached hydrogens (tertiary/aromatic N) is 2. The van der Waals surface area contributed by atoms with Crippen molar-refractivity contribution in [1.82, 2.24) is 4.57 Å². The van der Waals surface area contributed by atoms with Gasteiger partial charge in [0.15, 0.2) is 10.6 Å². The third-order valence-electron chi connectivity index (χ3n) is 3.83. The molecule has 0 saturated carbocycles. The van der Waals surface area contributed by atoms with Gasteiger partial charge in [0.25, 0.3) is 0 Å². The summed E-state index contributed by atoms with van der Waals surface area (Å²) in [5, 5.41) is 2.14. The number of hydrogen-bond donors (Lipinski definition) is 0. The van der Waals surface area contributed by atoms with Crippen molar-refractivity contribution in [3.8, 4) is 11.5 Å². The van der Waals surface area contributed by atoms with Gasteiger partial charge in [-0.25, -0.2) is 4.99 Å². The Morgan fingerprint density at radius 3 is 2.70 bits per heavy atom. The van der Waals surface area contributed by atoms with Gasteiger partial charge in [0, 0.05) is 11.9 Å². The van der Waals surface area contributed by atoms with Crippen LogP contribution in [0.15, 0.2) is 57.5 Å². The lowest BCUT2D eigenvalue weighted by Crippen LogP contribution is -2.17. The predicted molar refractivity (Wildman–Crippen MR) is 95.9 cm³/mol. The fourth-order valence-corrected chi connectivity index (χ4v) is 3.36. The Balaban J connectivity index is 2.08. The Kier molecular flexibility index (Phi) is 4.82. The molecule has 0 radical (unpaired) electrons. The van der Waals surface area contributed by atoms with Crippen molar-refractivity contribution < 1.29 is 4.42 Å². The molecule has 0 spiro atoms. The van der Waals surface area contributed by atoms with Gasteiger partial charge in [0.2, 0.25) is 0 Å². The summed E-state index contributed by atoms with van der Waals surface area (Å²) < 4.78 is 7.87. The van der Waals surface area contributed by atoms with E-state index < -0.39 is 0 Å². The average molecular weight is 326 g/mol. The number of furan rings is 1. The summed E-state index contributed by atoms with van der Waals surface area (Å²) in [6, 6.07) is 12.2. The second-order valence-corrected chi connectivity index (χ2v) is 6.95. The lowest BCUT2D eigenvalue weighted by Gasteiger charge is -2.09. The van der Waals surface area contributed by atoms with Gasteiger partial charge in [-0.15, -0.1) is 11.3 Å². The Morgan fingerprint density at radius 2 is 2.00 bits per heavy atom. The number of aromatic nitrogens is 1. The summed E-state index contributed by atoms with van der Waals surface area (Å²) in [6.45, 7) is 7.54. The van der Waals surface area contributed by atoms with Crippen LogP contribution >= 0.6 is 11.3 Å². The molecule has 1 aromatic carbocycles. The lowest BCUT2D eigenvalue weighted by molar-refractivity contribution is 0.505. The molecule has 0 aliphatic heterocycles. The van der Waals surface area contributed by atoms with Crippen molar-refractivity contribution >= 4 is 17.0 Å². The Bertz CT molecular complexity index is 825. The molecule has 120 valence electrons. The van der Waals surface area contributed by atoms with E-state index in [9.17, 15) is 0 Å². The lowest BCUT2D eigenvalue weighted by atomic mass is 10.1. The minimum atomic E-state index is 0.651. The molecule has 3 nitrogen and oxygen atoms in total. The van der Waals surface area contributed by atoms with Crippen LogP contribution < -0.4 is 4.80 Å². The van der Waals surface area contributed by atoms with Crippen LogP contribution in [0.25, 0.3) is 11.5 Å². The van der Waals surface area contributed by atoms with Crippen LogP contribution in [0, 0.1) is 12.8 Å². The Morgan fingerprint density at radius 1 is 1.17 bits per heavy atom. The number of thiazole rings is 1. The summed E-state index contributed by atoms with van der Waals surface area (Å²) in [5.74, 6) is 1.55. The molecular weight excluding hydrogens is 304 g/mol. The van der Waals surface area contributed by atoms with Crippen molar-refractivity contribution in [2.24, 2.45) is 10.9 Å². The molecular formula is C19H22N2OS. The summed E-state index contributed by atoms with van der Waals surface area (Å²) in [6.07, 6.45) is 2.84. The molecule has 23 heavy (non-hydrogen) atoms. The zero-order valence-electron chi connectivity index (χ0n) is 13.8. The molecule has 2 heterocycles. The number of aryl methyl sites for hydroxylation is 1. The van der Waals surface area contributed by atoms with Crippen LogP contribution in [0.4, 0.5) is 5.69 Å². The topological polar surface area (TPSA) is 30.4 Å². The fraction of sp³-hybridized carbons (Fsp3) is 0.316. The molecule has 4 heteroatoms. The van der Waals surface area contributed by atoms with Crippen molar-refractivity contribution in [2.75, 3.05) is 0 Å². The van der Waals surface area contributed by atoms with Crippen molar-refractivity contribution in [3.63, 3.8) is 0 Å². The van der Waals surface area contributed by atoms with Crippen LogP contribution in [-0.4, -0.2) is 4.57 Å². The number of para-hydroxylation sites is 1. The van der Waals surface area contributed by atoms with Crippen LogP contribution in [0.1, 0.15) is 25.8 Å². The smallest absolute Gasteiger partial charge is 0.190 e. The van der Waals surface area contributed by atoms with E-state index in [1.165, 1.54) is 5.56 Å². The first-order chi connectivity index (χ1) is 11.1. The minimum Gasteiger partial charge on any atom is -0.463 e. The van der Waals surface area contributed by atoms with E-state index in [4.69, 9.17) is 9.41 Å². The largest absolute Gasteiger partial charge is 0.463 e. The van der Waals surface area contributed by atoms with Crippen molar-refractivity contribution in [3.05, 3.63) is 58.4 Å². The molecule has 0 aliphatic rings. The molecule has 0 unspecified atom stereocenters. The normalized spacial score (nSPS) is 12.3. The first-order valence-electron chi connectivity index (χ1n) is 7.97. The van der Waals surface area contributed by atoms with Crippen LogP contribution in [-0.2, 0) is 6.54 Å². The maximum Gasteiger partial charge on any atom is 0.190 e. The van der Waals surface area contributed by atoms with Gasteiger partial charge in [0.05, 0.1) is 17.6 Å². The molecule has 0 bridgehead atoms. The maximum atomic E-state index is 5.60. The second kappa shape index (κ2) is 7.01. The zero-order valence-corrected chi connectivity index (χ0v) is 14.6. The minimum absolute atomic E-state index is 0.651. The second-order valence-electron chi connectivity index (χ2n) is 6.11. The van der Waals surface area contributed by atoms with E-state index in [2.05, 4.69) is 42.9 Å². The van der Waals surface area contributed by atoms with E-state index in [1.54, 1.807) is 17.6 Å². The van der Waals surface area contributed by atoms with Gasteiger partial charge >= 0.3 is 0 Å². The van der Waals surface area contributed by atoms with Crippen LogP contribution in [0.3, 0.4) is 0 Å². The molecule has 3 rings (SSSR count). The van der Waals surface area contributed by atoms with E-state index in [1.807, 2.05) is 24.3 Å². The van der Waals surface area contributed by atoms with Gasteiger partial charge in [-0.2, -0.15) is 0 Å². The van der Waals surface area contributed by atoms with Crippen molar-refractivity contribution in [2.45, 2.75) is 33.7 Å². The number of rotatable bonds is 5. The fourth-order valence-electron chi connectivity index (χ4n) is 2.44. The van der Waals surface area contributed by atoms with Gasteiger partial charge in [-0.1, -0.05) is 32.0 Å². The van der Waals surface area contributed by atoms with Gasteiger partial charge in [0.1, 0.15) is 0 Å². The third-order valence-corrected chi connectivity index (χ3v) is 4.70. The molecule has 0 saturated heterocycles. The Labute approximate surface area is 140 Å². The summed E-state index contributed by atoms with van der Waals surface area (Å²) in [5.41, 5.74) is 3.32. The highest BCUT2D eigenvalue weighted by Gasteiger charge is 2.11. The summed E-state index contributed by atoms with van der Waals surface area (Å²) >= 11 is 1.67.